The average Bonchev–Trinajstić information content (AvgIpc) is 2.38. The first-order chi connectivity index (χ1) is 8.40. The van der Waals surface area contributed by atoms with E-state index in [9.17, 15) is 0 Å². The van der Waals surface area contributed by atoms with Gasteiger partial charge in [0, 0.05) is 24.6 Å². The predicted octanol–water partition coefficient (Wildman–Crippen LogP) is 3.18. The van der Waals surface area contributed by atoms with Gasteiger partial charge in [-0.25, -0.2) is 0 Å². The van der Waals surface area contributed by atoms with E-state index in [1.165, 1.54) is 17.9 Å². The fourth-order valence-corrected chi connectivity index (χ4v) is 2.26. The quantitative estimate of drug-likeness (QED) is 0.796. The van der Waals surface area contributed by atoms with Crippen LogP contribution in [0.1, 0.15) is 13.3 Å². The van der Waals surface area contributed by atoms with Gasteiger partial charge in [0.2, 0.25) is 0 Å². The van der Waals surface area contributed by atoms with Crippen LogP contribution in [-0.2, 0) is 0 Å². The summed E-state index contributed by atoms with van der Waals surface area (Å²) in [5.74, 6) is 2.42. The van der Waals surface area contributed by atoms with Gasteiger partial charge in [0.15, 0.2) is 0 Å². The van der Waals surface area contributed by atoms with E-state index in [0.29, 0.717) is 0 Å². The van der Waals surface area contributed by atoms with Crippen molar-refractivity contribution in [2.24, 2.45) is 0 Å². The molecule has 0 fully saturated rings. The summed E-state index contributed by atoms with van der Waals surface area (Å²) in [7, 11) is 0. The number of thioether (sulfide) groups is 1. The Hall–Kier alpha value is -1.29. The van der Waals surface area contributed by atoms with Crippen molar-refractivity contribution in [2.75, 3.05) is 23.4 Å². The van der Waals surface area contributed by atoms with Crippen LogP contribution in [0.2, 0.25) is 0 Å². The third-order valence-corrected chi connectivity index (χ3v) is 3.45. The Morgan fingerprint density at radius 1 is 1.18 bits per heavy atom. The first kappa shape index (κ1) is 12.2. The Labute approximate surface area is 106 Å². The molecule has 0 radical (unpaired) electrons. The second-order valence-corrected chi connectivity index (χ2v) is 5.13. The second kappa shape index (κ2) is 6.45. The number of hydrogen-bond acceptors (Lipinski definition) is 4. The Bertz CT molecular complexity index is 473. The monoisotopic (exact) mass is 247 g/mol. The maximum absolute atomic E-state index is 4.29. The molecule has 90 valence electrons. The van der Waals surface area contributed by atoms with Crippen LogP contribution < -0.4 is 5.32 Å². The summed E-state index contributed by atoms with van der Waals surface area (Å²) in [6.07, 6.45) is 4.64. The summed E-state index contributed by atoms with van der Waals surface area (Å²) < 4.78 is 0. The number of fused-ring (bicyclic) bond motifs is 1. The van der Waals surface area contributed by atoms with Gasteiger partial charge in [-0.15, -0.1) is 0 Å². The van der Waals surface area contributed by atoms with Crippen molar-refractivity contribution in [3.05, 3.63) is 30.6 Å². The summed E-state index contributed by atoms with van der Waals surface area (Å²) in [6.45, 7) is 3.21. The molecule has 0 aliphatic heterocycles. The number of aromatic nitrogens is 2. The average molecular weight is 247 g/mol. The molecule has 0 spiro atoms. The van der Waals surface area contributed by atoms with Crippen molar-refractivity contribution in [1.82, 2.24) is 9.97 Å². The molecule has 0 aliphatic carbocycles. The van der Waals surface area contributed by atoms with Crippen molar-refractivity contribution in [3.63, 3.8) is 0 Å². The van der Waals surface area contributed by atoms with Crippen LogP contribution in [0.25, 0.3) is 11.0 Å². The topological polar surface area (TPSA) is 37.8 Å². The van der Waals surface area contributed by atoms with E-state index in [0.717, 1.165) is 23.3 Å². The van der Waals surface area contributed by atoms with Crippen molar-refractivity contribution in [1.29, 1.82) is 0 Å². The molecule has 0 saturated heterocycles. The van der Waals surface area contributed by atoms with Gasteiger partial charge in [-0.05, 0) is 36.1 Å². The summed E-state index contributed by atoms with van der Waals surface area (Å²) in [4.78, 5) is 8.54. The summed E-state index contributed by atoms with van der Waals surface area (Å²) in [6, 6.07) is 6.12. The molecule has 1 heterocycles. The number of anilines is 1. The Morgan fingerprint density at radius 3 is 2.82 bits per heavy atom. The lowest BCUT2D eigenvalue weighted by Gasteiger charge is -2.06. The highest BCUT2D eigenvalue weighted by Crippen LogP contribution is 2.15. The lowest BCUT2D eigenvalue weighted by atomic mass is 10.2. The van der Waals surface area contributed by atoms with Gasteiger partial charge in [-0.1, -0.05) is 6.92 Å². The van der Waals surface area contributed by atoms with Crippen molar-refractivity contribution in [3.8, 4) is 0 Å². The normalized spacial score (nSPS) is 10.6. The maximum atomic E-state index is 4.29. The molecule has 1 N–H and O–H groups in total. The number of rotatable bonds is 6. The minimum Gasteiger partial charge on any atom is -0.385 e. The first-order valence-corrected chi connectivity index (χ1v) is 7.08. The van der Waals surface area contributed by atoms with Crippen molar-refractivity contribution >= 4 is 28.5 Å². The SMILES string of the molecule is CCSCCCNc1ccc2nccnc2c1. The molecule has 0 unspecified atom stereocenters. The van der Waals surface area contributed by atoms with Gasteiger partial charge in [-0.2, -0.15) is 11.8 Å². The van der Waals surface area contributed by atoms with Crippen LogP contribution in [-0.4, -0.2) is 28.0 Å². The number of benzene rings is 1. The summed E-state index contributed by atoms with van der Waals surface area (Å²) >= 11 is 1.98. The molecule has 0 bridgehead atoms. The van der Waals surface area contributed by atoms with Gasteiger partial charge < -0.3 is 5.32 Å². The molecule has 0 saturated carbocycles. The number of nitrogens with one attached hydrogen (secondary N) is 1. The second-order valence-electron chi connectivity index (χ2n) is 3.74. The molecule has 1 aromatic carbocycles. The first-order valence-electron chi connectivity index (χ1n) is 5.92. The Kier molecular flexibility index (Phi) is 4.62. The Balaban J connectivity index is 1.90. The predicted molar refractivity (Wildman–Crippen MR) is 75.6 cm³/mol. The number of nitrogens with zero attached hydrogens (tertiary/aromatic N) is 2. The van der Waals surface area contributed by atoms with E-state index < -0.39 is 0 Å². The molecular formula is C13H17N3S. The zero-order valence-corrected chi connectivity index (χ0v) is 10.8. The minimum absolute atomic E-state index is 0.944. The lowest BCUT2D eigenvalue weighted by molar-refractivity contribution is 0.992. The largest absolute Gasteiger partial charge is 0.385 e. The van der Waals surface area contributed by atoms with Crippen LogP contribution in [0.5, 0.6) is 0 Å². The molecule has 4 heteroatoms. The van der Waals surface area contributed by atoms with E-state index in [4.69, 9.17) is 0 Å². The zero-order valence-electron chi connectivity index (χ0n) is 10.0. The molecule has 0 atom stereocenters. The molecule has 0 amide bonds. The third kappa shape index (κ3) is 3.60. The van der Waals surface area contributed by atoms with E-state index in [2.05, 4.69) is 34.3 Å². The van der Waals surface area contributed by atoms with Gasteiger partial charge in [-0.3, -0.25) is 9.97 Å². The van der Waals surface area contributed by atoms with E-state index >= 15 is 0 Å². The van der Waals surface area contributed by atoms with Crippen molar-refractivity contribution < 1.29 is 0 Å². The van der Waals surface area contributed by atoms with Crippen LogP contribution in [0.3, 0.4) is 0 Å². The van der Waals surface area contributed by atoms with Crippen LogP contribution in [0.4, 0.5) is 5.69 Å². The van der Waals surface area contributed by atoms with Gasteiger partial charge in [0.25, 0.3) is 0 Å². The van der Waals surface area contributed by atoms with Crippen molar-refractivity contribution in [2.45, 2.75) is 13.3 Å². The standard InChI is InChI=1S/C13H17N3S/c1-2-17-9-3-6-14-11-4-5-12-13(10-11)16-8-7-15-12/h4-5,7-8,10,14H,2-3,6,9H2,1H3. The van der Waals surface area contributed by atoms with E-state index in [1.807, 2.05) is 17.8 Å². The molecule has 2 aromatic rings. The summed E-state index contributed by atoms with van der Waals surface area (Å²) in [5.41, 5.74) is 3.01. The minimum atomic E-state index is 0.944. The molecule has 0 aliphatic rings. The summed E-state index contributed by atoms with van der Waals surface area (Å²) in [5, 5.41) is 3.41. The molecule has 17 heavy (non-hydrogen) atoms. The van der Waals surface area contributed by atoms with E-state index in [1.54, 1.807) is 12.4 Å². The highest BCUT2D eigenvalue weighted by atomic mass is 32.2. The fraction of sp³-hybridized carbons (Fsp3) is 0.385. The smallest absolute Gasteiger partial charge is 0.0907 e. The van der Waals surface area contributed by atoms with Gasteiger partial charge in [0.05, 0.1) is 11.0 Å². The van der Waals surface area contributed by atoms with Crippen LogP contribution >= 0.6 is 11.8 Å². The lowest BCUT2D eigenvalue weighted by Crippen LogP contribution is -2.02. The van der Waals surface area contributed by atoms with E-state index in [-0.39, 0.29) is 0 Å². The highest BCUT2D eigenvalue weighted by Gasteiger charge is 1.97. The third-order valence-electron chi connectivity index (χ3n) is 2.47. The number of hydrogen-bond donors (Lipinski definition) is 1. The van der Waals surface area contributed by atoms with Gasteiger partial charge >= 0.3 is 0 Å². The molecular weight excluding hydrogens is 230 g/mol. The molecule has 2 rings (SSSR count). The zero-order chi connectivity index (χ0) is 11.9. The maximum Gasteiger partial charge on any atom is 0.0907 e. The molecule has 3 nitrogen and oxygen atoms in total. The van der Waals surface area contributed by atoms with Crippen LogP contribution in [0.15, 0.2) is 30.6 Å². The molecule has 1 aromatic heterocycles. The highest BCUT2D eigenvalue weighted by molar-refractivity contribution is 7.99. The van der Waals surface area contributed by atoms with Gasteiger partial charge in [0.1, 0.15) is 0 Å². The Morgan fingerprint density at radius 2 is 2.00 bits per heavy atom. The van der Waals surface area contributed by atoms with Crippen LogP contribution in [0, 0.1) is 0 Å². The fourth-order valence-electron chi connectivity index (χ4n) is 1.62.